The summed E-state index contributed by atoms with van der Waals surface area (Å²) in [5.41, 5.74) is 0. The maximum absolute atomic E-state index is 12.2. The summed E-state index contributed by atoms with van der Waals surface area (Å²) in [6.07, 6.45) is 38.8. The Kier molecular flexibility index (Phi) is 35.9. The highest BCUT2D eigenvalue weighted by Crippen LogP contribution is 2.16. The first-order valence-electron chi connectivity index (χ1n) is 20.5. The lowest BCUT2D eigenvalue weighted by atomic mass is 10.0. The van der Waals surface area contributed by atoms with Crippen LogP contribution in [0.3, 0.4) is 0 Å². The van der Waals surface area contributed by atoms with E-state index in [1.165, 1.54) is 161 Å². The molecule has 0 rings (SSSR count). The molecular formula is C41H80O5. The fourth-order valence-electron chi connectivity index (χ4n) is 6.21. The van der Waals surface area contributed by atoms with Gasteiger partial charge in [-0.25, -0.2) is 0 Å². The number of esters is 2. The fraction of sp³-hybridized carbons (Fsp3) is 0.951. The molecule has 0 aliphatic heterocycles. The van der Waals surface area contributed by atoms with Gasteiger partial charge in [0.05, 0.1) is 6.61 Å². The largest absolute Gasteiger partial charge is 0.462 e. The Morgan fingerprint density at radius 1 is 0.478 bits per heavy atom. The lowest BCUT2D eigenvalue weighted by molar-refractivity contribution is -0.161. The molecule has 0 aliphatic rings. The molecule has 1 atom stereocenters. The van der Waals surface area contributed by atoms with Gasteiger partial charge in [-0.15, -0.1) is 0 Å². The van der Waals surface area contributed by atoms with Gasteiger partial charge in [0.15, 0.2) is 6.10 Å². The van der Waals surface area contributed by atoms with E-state index in [0.717, 1.165) is 38.0 Å². The van der Waals surface area contributed by atoms with Crippen molar-refractivity contribution in [2.24, 2.45) is 5.92 Å². The number of carbonyl (C=O) groups is 2. The summed E-state index contributed by atoms with van der Waals surface area (Å²) in [5.74, 6) is 0.277. The predicted octanol–water partition coefficient (Wildman–Crippen LogP) is 12.6. The first-order chi connectivity index (χ1) is 22.5. The predicted molar refractivity (Wildman–Crippen MR) is 196 cm³/mol. The highest BCUT2D eigenvalue weighted by atomic mass is 16.6. The standard InChI is InChI=1S/C41H80O5/c1-4-5-6-7-8-9-10-11-12-17-20-23-26-29-32-35-41(44)46-39(36-42)37-45-40(43)34-31-28-25-22-19-16-14-13-15-18-21-24-27-30-33-38(2)3/h38-39,42H,4-37H2,1-3H3/t39-/m0/s1. The summed E-state index contributed by atoms with van der Waals surface area (Å²) in [6.45, 7) is 6.52. The Hall–Kier alpha value is -1.10. The number of carbonyl (C=O) groups excluding carboxylic acids is 2. The molecule has 0 saturated carbocycles. The molecular weight excluding hydrogens is 572 g/mol. The first-order valence-corrected chi connectivity index (χ1v) is 20.5. The van der Waals surface area contributed by atoms with Gasteiger partial charge in [-0.2, -0.15) is 0 Å². The van der Waals surface area contributed by atoms with Crippen LogP contribution in [-0.4, -0.2) is 36.4 Å². The number of hydrogen-bond acceptors (Lipinski definition) is 5. The van der Waals surface area contributed by atoms with Gasteiger partial charge in [0.25, 0.3) is 0 Å². The van der Waals surface area contributed by atoms with Crippen molar-refractivity contribution < 1.29 is 24.2 Å². The number of unbranched alkanes of at least 4 members (excludes halogenated alkanes) is 27. The Labute approximate surface area is 287 Å². The summed E-state index contributed by atoms with van der Waals surface area (Å²) < 4.78 is 10.6. The number of aliphatic hydroxyl groups is 1. The van der Waals surface area contributed by atoms with Crippen LogP contribution < -0.4 is 0 Å². The molecule has 5 heteroatoms. The van der Waals surface area contributed by atoms with Gasteiger partial charge in [0, 0.05) is 12.8 Å². The van der Waals surface area contributed by atoms with Crippen LogP contribution in [0.25, 0.3) is 0 Å². The van der Waals surface area contributed by atoms with Crippen molar-refractivity contribution in [1.29, 1.82) is 0 Å². The Balaban J connectivity index is 3.48. The highest BCUT2D eigenvalue weighted by Gasteiger charge is 2.16. The summed E-state index contributed by atoms with van der Waals surface area (Å²) >= 11 is 0. The van der Waals surface area contributed by atoms with E-state index in [-0.39, 0.29) is 25.2 Å². The summed E-state index contributed by atoms with van der Waals surface area (Å²) in [7, 11) is 0. The molecule has 0 unspecified atom stereocenters. The van der Waals surface area contributed by atoms with Gasteiger partial charge in [-0.1, -0.05) is 201 Å². The minimum Gasteiger partial charge on any atom is -0.462 e. The van der Waals surface area contributed by atoms with Crippen molar-refractivity contribution in [3.05, 3.63) is 0 Å². The zero-order valence-corrected chi connectivity index (χ0v) is 31.3. The highest BCUT2D eigenvalue weighted by molar-refractivity contribution is 5.70. The molecule has 0 saturated heterocycles. The third kappa shape index (κ3) is 35.7. The van der Waals surface area contributed by atoms with Crippen molar-refractivity contribution >= 4 is 11.9 Å². The van der Waals surface area contributed by atoms with Crippen LogP contribution in [-0.2, 0) is 19.1 Å². The topological polar surface area (TPSA) is 72.8 Å². The zero-order chi connectivity index (χ0) is 33.8. The van der Waals surface area contributed by atoms with Crippen LogP contribution in [0.4, 0.5) is 0 Å². The molecule has 0 heterocycles. The van der Waals surface area contributed by atoms with Gasteiger partial charge >= 0.3 is 11.9 Å². The maximum atomic E-state index is 12.2. The molecule has 0 radical (unpaired) electrons. The molecule has 0 spiro atoms. The number of rotatable bonds is 37. The molecule has 0 aromatic heterocycles. The smallest absolute Gasteiger partial charge is 0.306 e. The van der Waals surface area contributed by atoms with Crippen LogP contribution in [0, 0.1) is 5.92 Å². The minimum absolute atomic E-state index is 0.0575. The zero-order valence-electron chi connectivity index (χ0n) is 31.3. The molecule has 0 amide bonds. The Morgan fingerprint density at radius 2 is 0.804 bits per heavy atom. The minimum atomic E-state index is -0.762. The van der Waals surface area contributed by atoms with Crippen molar-refractivity contribution in [2.45, 2.75) is 232 Å². The van der Waals surface area contributed by atoms with Crippen LogP contribution in [0.15, 0.2) is 0 Å². The van der Waals surface area contributed by atoms with E-state index in [4.69, 9.17) is 9.47 Å². The van der Waals surface area contributed by atoms with E-state index in [9.17, 15) is 14.7 Å². The summed E-state index contributed by atoms with van der Waals surface area (Å²) in [4.78, 5) is 24.3. The van der Waals surface area contributed by atoms with Crippen LogP contribution in [0.2, 0.25) is 0 Å². The van der Waals surface area contributed by atoms with Gasteiger partial charge in [-0.3, -0.25) is 9.59 Å². The van der Waals surface area contributed by atoms with E-state index in [2.05, 4.69) is 20.8 Å². The third-order valence-corrected chi connectivity index (χ3v) is 9.33. The maximum Gasteiger partial charge on any atom is 0.306 e. The van der Waals surface area contributed by atoms with Crippen LogP contribution >= 0.6 is 0 Å². The fourth-order valence-corrected chi connectivity index (χ4v) is 6.21. The van der Waals surface area contributed by atoms with Gasteiger partial charge in [0.1, 0.15) is 6.61 Å². The Bertz CT molecular complexity index is 634. The summed E-state index contributed by atoms with van der Waals surface area (Å²) in [6, 6.07) is 0. The molecule has 46 heavy (non-hydrogen) atoms. The van der Waals surface area contributed by atoms with E-state index in [1.54, 1.807) is 0 Å². The second-order valence-electron chi connectivity index (χ2n) is 14.6. The third-order valence-electron chi connectivity index (χ3n) is 9.33. The molecule has 0 bridgehead atoms. The van der Waals surface area contributed by atoms with Gasteiger partial charge in [-0.05, 0) is 18.8 Å². The Morgan fingerprint density at radius 3 is 1.15 bits per heavy atom. The second kappa shape index (κ2) is 36.7. The number of ether oxygens (including phenoxy) is 2. The van der Waals surface area contributed by atoms with Crippen molar-refractivity contribution in [3.63, 3.8) is 0 Å². The lowest BCUT2D eigenvalue weighted by Gasteiger charge is -2.15. The number of hydrogen-bond donors (Lipinski definition) is 1. The monoisotopic (exact) mass is 653 g/mol. The van der Waals surface area contributed by atoms with E-state index in [0.29, 0.717) is 12.8 Å². The van der Waals surface area contributed by atoms with Crippen molar-refractivity contribution in [3.8, 4) is 0 Å². The lowest BCUT2D eigenvalue weighted by Crippen LogP contribution is -2.28. The molecule has 0 fully saturated rings. The summed E-state index contributed by atoms with van der Waals surface area (Å²) in [5, 5.41) is 9.56. The van der Waals surface area contributed by atoms with Gasteiger partial charge in [0.2, 0.25) is 0 Å². The SMILES string of the molecule is CCCCCCCCCCCCCCCCCC(=O)O[C@@H](CO)COC(=O)CCCCCCCCCCCCCCCCC(C)C. The second-order valence-corrected chi connectivity index (χ2v) is 14.6. The van der Waals surface area contributed by atoms with Crippen LogP contribution in [0.1, 0.15) is 226 Å². The molecule has 0 aromatic carbocycles. The normalized spacial score (nSPS) is 12.1. The quantitative estimate of drug-likeness (QED) is 0.0534. The molecule has 5 nitrogen and oxygen atoms in total. The average molecular weight is 653 g/mol. The average Bonchev–Trinajstić information content (AvgIpc) is 3.04. The van der Waals surface area contributed by atoms with Crippen molar-refractivity contribution in [2.75, 3.05) is 13.2 Å². The van der Waals surface area contributed by atoms with Gasteiger partial charge < -0.3 is 14.6 Å². The molecule has 274 valence electrons. The molecule has 0 aromatic rings. The van der Waals surface area contributed by atoms with E-state index in [1.807, 2.05) is 0 Å². The van der Waals surface area contributed by atoms with E-state index >= 15 is 0 Å². The molecule has 1 N–H and O–H groups in total. The first kappa shape index (κ1) is 44.9. The number of aliphatic hydroxyl groups excluding tert-OH is 1. The van der Waals surface area contributed by atoms with Crippen molar-refractivity contribution in [1.82, 2.24) is 0 Å². The van der Waals surface area contributed by atoms with E-state index < -0.39 is 6.10 Å². The van der Waals surface area contributed by atoms with Crippen LogP contribution in [0.5, 0.6) is 0 Å². The molecule has 0 aliphatic carbocycles.